The molecule has 112 valence electrons. The van der Waals surface area contributed by atoms with E-state index in [0.29, 0.717) is 18.8 Å². The number of nitrogens with one attached hydrogen (secondary N) is 1. The van der Waals surface area contributed by atoms with E-state index in [1.807, 2.05) is 13.8 Å². The Labute approximate surface area is 121 Å². The number of aryl methyl sites for hydroxylation is 1. The molecule has 1 saturated heterocycles. The zero-order chi connectivity index (χ0) is 15.1. The summed E-state index contributed by atoms with van der Waals surface area (Å²) in [5.41, 5.74) is -0.197. The van der Waals surface area contributed by atoms with Gasteiger partial charge in [-0.15, -0.1) is 0 Å². The van der Waals surface area contributed by atoms with Crippen molar-refractivity contribution in [2.45, 2.75) is 30.4 Å². The lowest BCUT2D eigenvalue weighted by Crippen LogP contribution is -2.46. The van der Waals surface area contributed by atoms with E-state index in [0.717, 1.165) is 0 Å². The van der Waals surface area contributed by atoms with Crippen LogP contribution in [0.2, 0.25) is 0 Å². The Kier molecular flexibility index (Phi) is 3.87. The largest absolute Gasteiger partial charge is 0.476 e. The summed E-state index contributed by atoms with van der Waals surface area (Å²) in [5.74, 6) is -0.663. The first-order valence-electron chi connectivity index (χ1n) is 6.07. The van der Waals surface area contributed by atoms with E-state index in [1.54, 1.807) is 11.8 Å². The summed E-state index contributed by atoms with van der Waals surface area (Å²) in [6, 6.07) is 0. The minimum atomic E-state index is -3.85. The topological polar surface area (TPSA) is 103 Å². The van der Waals surface area contributed by atoms with Crippen molar-refractivity contribution < 1.29 is 18.3 Å². The Morgan fingerprint density at radius 1 is 1.50 bits per heavy atom. The van der Waals surface area contributed by atoms with Gasteiger partial charge in [0.25, 0.3) is 0 Å². The Morgan fingerprint density at radius 2 is 2.15 bits per heavy atom. The van der Waals surface area contributed by atoms with Crippen molar-refractivity contribution in [1.29, 1.82) is 0 Å². The lowest BCUT2D eigenvalue weighted by molar-refractivity contribution is 0.0686. The number of carboxylic acids is 1. The maximum absolute atomic E-state index is 12.7. The number of sulfonamides is 1. The fourth-order valence-electron chi connectivity index (χ4n) is 2.19. The molecular formula is C11H17N3O4S2. The Morgan fingerprint density at radius 3 is 2.70 bits per heavy atom. The molecule has 1 aromatic rings. The third-order valence-corrected chi connectivity index (χ3v) is 6.39. The fraction of sp³-hybridized carbons (Fsp3) is 0.636. The van der Waals surface area contributed by atoms with Gasteiger partial charge in [0.1, 0.15) is 4.90 Å². The van der Waals surface area contributed by atoms with Crippen LogP contribution in [0.25, 0.3) is 0 Å². The molecule has 20 heavy (non-hydrogen) atoms. The van der Waals surface area contributed by atoms with Gasteiger partial charge in [0.15, 0.2) is 5.69 Å². The minimum absolute atomic E-state index is 0.188. The van der Waals surface area contributed by atoms with Crippen LogP contribution in [0.15, 0.2) is 4.90 Å². The van der Waals surface area contributed by atoms with E-state index in [2.05, 4.69) is 10.2 Å². The number of carboxylic acid groups (broad SMARTS) is 1. The summed E-state index contributed by atoms with van der Waals surface area (Å²) in [6.45, 7) is 6.18. The molecule has 2 N–H and O–H groups in total. The highest BCUT2D eigenvalue weighted by atomic mass is 32.2. The van der Waals surface area contributed by atoms with Crippen molar-refractivity contribution in [2.75, 3.05) is 18.8 Å². The van der Waals surface area contributed by atoms with E-state index < -0.39 is 21.7 Å². The standard InChI is InChI=1S/C11H17N3O4S2/c1-7-9(8(10(15)16)13-12-7)20(17,18)14-4-5-19-11(2,3)6-14/h4-6H2,1-3H3,(H,12,13)(H,15,16). The maximum atomic E-state index is 12.7. The summed E-state index contributed by atoms with van der Waals surface area (Å²) < 4.78 is 26.5. The van der Waals surface area contributed by atoms with Gasteiger partial charge in [0, 0.05) is 23.6 Å². The van der Waals surface area contributed by atoms with Crippen molar-refractivity contribution in [2.24, 2.45) is 0 Å². The summed E-state index contributed by atoms with van der Waals surface area (Å²) in [4.78, 5) is 10.9. The number of aromatic carboxylic acids is 1. The van der Waals surface area contributed by atoms with Gasteiger partial charge in [-0.1, -0.05) is 0 Å². The van der Waals surface area contributed by atoms with E-state index in [4.69, 9.17) is 5.11 Å². The molecule has 0 amide bonds. The monoisotopic (exact) mass is 319 g/mol. The first kappa shape index (κ1) is 15.3. The predicted octanol–water partition coefficient (Wildman–Crippen LogP) is 0.932. The smallest absolute Gasteiger partial charge is 0.357 e. The molecular weight excluding hydrogens is 302 g/mol. The van der Waals surface area contributed by atoms with Crippen LogP contribution >= 0.6 is 11.8 Å². The SMILES string of the molecule is Cc1[nH]nc(C(=O)O)c1S(=O)(=O)N1CCSC(C)(C)C1. The molecule has 2 heterocycles. The van der Waals surface area contributed by atoms with Crippen LogP contribution < -0.4 is 0 Å². The number of hydrogen-bond donors (Lipinski definition) is 2. The van der Waals surface area contributed by atoms with E-state index in [9.17, 15) is 13.2 Å². The molecule has 0 aromatic carbocycles. The van der Waals surface area contributed by atoms with Crippen LogP contribution in [-0.4, -0.2) is 57.6 Å². The third-order valence-electron chi connectivity index (χ3n) is 3.08. The summed E-state index contributed by atoms with van der Waals surface area (Å²) in [6.07, 6.45) is 0. The van der Waals surface area contributed by atoms with Crippen molar-refractivity contribution in [3.63, 3.8) is 0 Å². The van der Waals surface area contributed by atoms with Crippen LogP contribution in [0.3, 0.4) is 0 Å². The maximum Gasteiger partial charge on any atom is 0.357 e. The van der Waals surface area contributed by atoms with Crippen molar-refractivity contribution in [3.8, 4) is 0 Å². The lowest BCUT2D eigenvalue weighted by atomic mass is 10.2. The molecule has 1 aromatic heterocycles. The fourth-order valence-corrected chi connectivity index (χ4v) is 5.39. The zero-order valence-corrected chi connectivity index (χ0v) is 13.1. The van der Waals surface area contributed by atoms with Crippen molar-refractivity contribution in [3.05, 3.63) is 11.4 Å². The summed E-state index contributed by atoms with van der Waals surface area (Å²) >= 11 is 1.71. The van der Waals surface area contributed by atoms with Crippen LogP contribution in [-0.2, 0) is 10.0 Å². The lowest BCUT2D eigenvalue weighted by Gasteiger charge is -2.36. The van der Waals surface area contributed by atoms with Gasteiger partial charge >= 0.3 is 5.97 Å². The van der Waals surface area contributed by atoms with Gasteiger partial charge in [-0.05, 0) is 20.8 Å². The van der Waals surface area contributed by atoms with Gasteiger partial charge in [-0.2, -0.15) is 21.2 Å². The normalized spacial score (nSPS) is 19.9. The molecule has 2 rings (SSSR count). The summed E-state index contributed by atoms with van der Waals surface area (Å²) in [7, 11) is -3.85. The average Bonchev–Trinajstić information content (AvgIpc) is 2.70. The molecule has 1 aliphatic heterocycles. The first-order valence-corrected chi connectivity index (χ1v) is 8.50. The molecule has 0 bridgehead atoms. The Balaban J connectivity index is 2.46. The van der Waals surface area contributed by atoms with Crippen LogP contribution in [0, 0.1) is 6.92 Å². The molecule has 0 unspecified atom stereocenters. The quantitative estimate of drug-likeness (QED) is 0.859. The average molecular weight is 319 g/mol. The number of hydrogen-bond acceptors (Lipinski definition) is 5. The van der Waals surface area contributed by atoms with Crippen LogP contribution in [0.4, 0.5) is 0 Å². The predicted molar refractivity (Wildman–Crippen MR) is 75.6 cm³/mol. The van der Waals surface area contributed by atoms with E-state index >= 15 is 0 Å². The molecule has 1 fully saturated rings. The van der Waals surface area contributed by atoms with Gasteiger partial charge in [0.05, 0.1) is 5.69 Å². The number of nitrogens with zero attached hydrogens (tertiary/aromatic N) is 2. The zero-order valence-electron chi connectivity index (χ0n) is 11.5. The van der Waals surface area contributed by atoms with E-state index in [-0.39, 0.29) is 15.3 Å². The second kappa shape index (κ2) is 5.05. The molecule has 0 saturated carbocycles. The van der Waals surface area contributed by atoms with Gasteiger partial charge < -0.3 is 5.11 Å². The summed E-state index contributed by atoms with van der Waals surface area (Å²) in [5, 5.41) is 15.1. The minimum Gasteiger partial charge on any atom is -0.476 e. The Hall–Kier alpha value is -1.06. The molecule has 7 nitrogen and oxygen atoms in total. The highest BCUT2D eigenvalue weighted by molar-refractivity contribution is 8.00. The number of carbonyl (C=O) groups is 1. The highest BCUT2D eigenvalue weighted by Gasteiger charge is 2.38. The van der Waals surface area contributed by atoms with Crippen LogP contribution in [0.1, 0.15) is 30.0 Å². The molecule has 9 heteroatoms. The van der Waals surface area contributed by atoms with Gasteiger partial charge in [0.2, 0.25) is 10.0 Å². The number of H-pyrrole nitrogens is 1. The number of thioether (sulfide) groups is 1. The van der Waals surface area contributed by atoms with Crippen molar-refractivity contribution >= 4 is 27.8 Å². The number of rotatable bonds is 3. The molecule has 0 atom stereocenters. The second-order valence-corrected chi connectivity index (χ2v) is 8.96. The number of aromatic nitrogens is 2. The third kappa shape index (κ3) is 2.70. The Bertz CT molecular complexity index is 636. The van der Waals surface area contributed by atoms with Gasteiger partial charge in [-0.3, -0.25) is 5.10 Å². The highest BCUT2D eigenvalue weighted by Crippen LogP contribution is 2.33. The molecule has 1 aliphatic rings. The van der Waals surface area contributed by atoms with E-state index in [1.165, 1.54) is 11.2 Å². The van der Waals surface area contributed by atoms with Crippen LogP contribution in [0.5, 0.6) is 0 Å². The number of aromatic amines is 1. The molecule has 0 radical (unpaired) electrons. The molecule has 0 spiro atoms. The first-order chi connectivity index (χ1) is 9.15. The van der Waals surface area contributed by atoms with Crippen molar-refractivity contribution in [1.82, 2.24) is 14.5 Å². The second-order valence-electron chi connectivity index (χ2n) is 5.28. The molecule has 0 aliphatic carbocycles. The van der Waals surface area contributed by atoms with Gasteiger partial charge in [-0.25, -0.2) is 13.2 Å².